The molecule has 1 aliphatic rings. The summed E-state index contributed by atoms with van der Waals surface area (Å²) in [6.45, 7) is 4.20. The fourth-order valence-corrected chi connectivity index (χ4v) is 1.31. The number of rotatable bonds is 4. The summed E-state index contributed by atoms with van der Waals surface area (Å²) >= 11 is 0. The monoisotopic (exact) mass is 153 g/mol. The molecule has 1 heterocycles. The third kappa shape index (κ3) is 1.94. The number of epoxide rings is 1. The quantitative estimate of drug-likeness (QED) is 0.458. The number of hydrogen-bond acceptors (Lipinski definition) is 2. The molecule has 0 aromatic rings. The standard InChI is InChI=1S/C9H15NO/c1-3-4-5-6-9(2)8(7-10)11-9/h8H,3-6H2,1-2H3. The lowest BCUT2D eigenvalue weighted by atomic mass is 10.0. The van der Waals surface area contributed by atoms with Gasteiger partial charge in [0.05, 0.1) is 6.07 Å². The third-order valence-corrected chi connectivity index (χ3v) is 2.28. The predicted octanol–water partition coefficient (Wildman–Crippen LogP) is 2.25. The van der Waals surface area contributed by atoms with Crippen LogP contribution in [0.1, 0.15) is 39.5 Å². The molecule has 11 heavy (non-hydrogen) atoms. The summed E-state index contributed by atoms with van der Waals surface area (Å²) < 4.78 is 5.24. The van der Waals surface area contributed by atoms with E-state index in [-0.39, 0.29) is 11.7 Å². The Labute approximate surface area is 68.2 Å². The van der Waals surface area contributed by atoms with Gasteiger partial charge in [-0.05, 0) is 13.3 Å². The van der Waals surface area contributed by atoms with Crippen molar-refractivity contribution in [1.82, 2.24) is 0 Å². The highest BCUT2D eigenvalue weighted by atomic mass is 16.6. The van der Waals surface area contributed by atoms with Gasteiger partial charge in [-0.25, -0.2) is 0 Å². The number of hydrogen-bond donors (Lipinski definition) is 0. The minimum absolute atomic E-state index is 0.0933. The van der Waals surface area contributed by atoms with E-state index < -0.39 is 0 Å². The van der Waals surface area contributed by atoms with E-state index in [4.69, 9.17) is 10.00 Å². The van der Waals surface area contributed by atoms with Crippen LogP contribution < -0.4 is 0 Å². The van der Waals surface area contributed by atoms with Crippen LogP contribution in [0.15, 0.2) is 0 Å². The maximum Gasteiger partial charge on any atom is 0.173 e. The van der Waals surface area contributed by atoms with Crippen LogP contribution in [0.25, 0.3) is 0 Å². The second kappa shape index (κ2) is 3.23. The molecule has 2 nitrogen and oxygen atoms in total. The number of unbranched alkanes of at least 4 members (excludes halogenated alkanes) is 2. The van der Waals surface area contributed by atoms with Gasteiger partial charge in [-0.1, -0.05) is 26.2 Å². The number of nitriles is 1. The van der Waals surface area contributed by atoms with E-state index in [9.17, 15) is 0 Å². The average molecular weight is 153 g/mol. The Balaban J connectivity index is 2.14. The van der Waals surface area contributed by atoms with Crippen LogP contribution in [-0.2, 0) is 4.74 Å². The summed E-state index contributed by atoms with van der Waals surface area (Å²) in [7, 11) is 0. The molecular formula is C9H15NO. The first-order valence-corrected chi connectivity index (χ1v) is 4.30. The second-order valence-electron chi connectivity index (χ2n) is 3.40. The van der Waals surface area contributed by atoms with Gasteiger partial charge in [-0.3, -0.25) is 0 Å². The van der Waals surface area contributed by atoms with Gasteiger partial charge >= 0.3 is 0 Å². The van der Waals surface area contributed by atoms with Gasteiger partial charge in [0, 0.05) is 0 Å². The molecule has 0 saturated carbocycles. The van der Waals surface area contributed by atoms with E-state index in [1.807, 2.05) is 6.92 Å². The Bertz CT molecular complexity index is 173. The molecular weight excluding hydrogens is 138 g/mol. The van der Waals surface area contributed by atoms with Crippen molar-refractivity contribution in [3.8, 4) is 6.07 Å². The lowest BCUT2D eigenvalue weighted by Gasteiger charge is -2.02. The molecule has 62 valence electrons. The van der Waals surface area contributed by atoms with Gasteiger partial charge in [0.1, 0.15) is 5.60 Å². The van der Waals surface area contributed by atoms with Crippen LogP contribution in [0.5, 0.6) is 0 Å². The molecule has 2 heteroatoms. The van der Waals surface area contributed by atoms with Gasteiger partial charge in [0.25, 0.3) is 0 Å². The Kier molecular flexibility index (Phi) is 2.51. The largest absolute Gasteiger partial charge is 0.350 e. The lowest BCUT2D eigenvalue weighted by Crippen LogP contribution is -2.07. The van der Waals surface area contributed by atoms with E-state index in [2.05, 4.69) is 13.0 Å². The summed E-state index contributed by atoms with van der Waals surface area (Å²) in [6.07, 6.45) is 4.58. The van der Waals surface area contributed by atoms with E-state index >= 15 is 0 Å². The van der Waals surface area contributed by atoms with Gasteiger partial charge in [-0.15, -0.1) is 0 Å². The van der Waals surface area contributed by atoms with Crippen molar-refractivity contribution >= 4 is 0 Å². The van der Waals surface area contributed by atoms with Gasteiger partial charge in [0.2, 0.25) is 0 Å². The minimum atomic E-state index is -0.126. The summed E-state index contributed by atoms with van der Waals surface area (Å²) in [4.78, 5) is 0. The molecule has 0 bridgehead atoms. The number of nitrogens with zero attached hydrogens (tertiary/aromatic N) is 1. The first-order chi connectivity index (χ1) is 5.23. The first kappa shape index (κ1) is 8.55. The molecule has 0 aliphatic carbocycles. The highest BCUT2D eigenvalue weighted by Crippen LogP contribution is 2.39. The Morgan fingerprint density at radius 3 is 2.73 bits per heavy atom. The molecule has 1 saturated heterocycles. The van der Waals surface area contributed by atoms with E-state index in [0.29, 0.717) is 0 Å². The lowest BCUT2D eigenvalue weighted by molar-refractivity contribution is 0.297. The summed E-state index contributed by atoms with van der Waals surface area (Å²) in [5.74, 6) is 0. The smallest absolute Gasteiger partial charge is 0.173 e. The average Bonchev–Trinajstić information content (AvgIpc) is 2.63. The third-order valence-electron chi connectivity index (χ3n) is 2.28. The normalized spacial score (nSPS) is 34.8. The molecule has 0 radical (unpaired) electrons. The first-order valence-electron chi connectivity index (χ1n) is 4.30. The molecule has 1 rings (SSSR count). The van der Waals surface area contributed by atoms with E-state index in [0.717, 1.165) is 6.42 Å². The SMILES string of the molecule is CCCCCC1(C)OC1C#N. The van der Waals surface area contributed by atoms with Crippen molar-refractivity contribution in [1.29, 1.82) is 5.26 Å². The molecule has 0 aromatic heterocycles. The Morgan fingerprint density at radius 1 is 1.55 bits per heavy atom. The van der Waals surface area contributed by atoms with Crippen molar-refractivity contribution in [3.63, 3.8) is 0 Å². The van der Waals surface area contributed by atoms with E-state index in [1.165, 1.54) is 19.3 Å². The van der Waals surface area contributed by atoms with Crippen LogP contribution in [0.3, 0.4) is 0 Å². The predicted molar refractivity (Wildman–Crippen MR) is 43.0 cm³/mol. The van der Waals surface area contributed by atoms with Crippen molar-refractivity contribution < 1.29 is 4.74 Å². The summed E-state index contributed by atoms with van der Waals surface area (Å²) in [5.41, 5.74) is -0.0933. The van der Waals surface area contributed by atoms with Crippen molar-refractivity contribution in [3.05, 3.63) is 0 Å². The molecule has 2 atom stereocenters. The summed E-state index contributed by atoms with van der Waals surface area (Å²) in [5, 5.41) is 8.52. The maximum absolute atomic E-state index is 8.52. The minimum Gasteiger partial charge on any atom is -0.350 e. The number of ether oxygens (including phenoxy) is 1. The van der Waals surface area contributed by atoms with Gasteiger partial charge < -0.3 is 4.74 Å². The van der Waals surface area contributed by atoms with Crippen molar-refractivity contribution in [2.45, 2.75) is 51.2 Å². The Morgan fingerprint density at radius 2 is 2.27 bits per heavy atom. The van der Waals surface area contributed by atoms with Crippen molar-refractivity contribution in [2.75, 3.05) is 0 Å². The van der Waals surface area contributed by atoms with Crippen LogP contribution in [0.2, 0.25) is 0 Å². The molecule has 2 unspecified atom stereocenters. The zero-order chi connectivity index (χ0) is 8.32. The van der Waals surface area contributed by atoms with Gasteiger partial charge in [-0.2, -0.15) is 5.26 Å². The fraction of sp³-hybridized carbons (Fsp3) is 0.889. The molecule has 1 fully saturated rings. The molecule has 0 aromatic carbocycles. The molecule has 0 N–H and O–H groups in total. The van der Waals surface area contributed by atoms with Crippen LogP contribution in [0.4, 0.5) is 0 Å². The maximum atomic E-state index is 8.52. The highest BCUT2D eigenvalue weighted by molar-refractivity contribution is 5.11. The topological polar surface area (TPSA) is 36.3 Å². The van der Waals surface area contributed by atoms with Crippen molar-refractivity contribution in [2.24, 2.45) is 0 Å². The van der Waals surface area contributed by atoms with Crippen LogP contribution in [-0.4, -0.2) is 11.7 Å². The fourth-order valence-electron chi connectivity index (χ4n) is 1.31. The summed E-state index contributed by atoms with van der Waals surface area (Å²) in [6, 6.07) is 2.13. The van der Waals surface area contributed by atoms with Crippen LogP contribution in [0, 0.1) is 11.3 Å². The second-order valence-corrected chi connectivity index (χ2v) is 3.40. The molecule has 1 aliphatic heterocycles. The Hall–Kier alpha value is -0.550. The van der Waals surface area contributed by atoms with E-state index in [1.54, 1.807) is 0 Å². The zero-order valence-corrected chi connectivity index (χ0v) is 7.26. The zero-order valence-electron chi connectivity index (χ0n) is 7.26. The molecule has 0 spiro atoms. The van der Waals surface area contributed by atoms with Crippen LogP contribution >= 0.6 is 0 Å². The highest BCUT2D eigenvalue weighted by Gasteiger charge is 2.51. The van der Waals surface area contributed by atoms with Gasteiger partial charge in [0.15, 0.2) is 6.10 Å². The molecule has 0 amide bonds.